The average molecular weight is 173 g/mol. The summed E-state index contributed by atoms with van der Waals surface area (Å²) in [5, 5.41) is 0. The lowest BCUT2D eigenvalue weighted by atomic mass is 9.79. The summed E-state index contributed by atoms with van der Waals surface area (Å²) in [7, 11) is 0. The van der Waals surface area contributed by atoms with Crippen molar-refractivity contribution in [2.75, 3.05) is 5.73 Å². The lowest BCUT2D eigenvalue weighted by Gasteiger charge is -2.26. The molecule has 0 aliphatic heterocycles. The molecule has 1 saturated carbocycles. The van der Waals surface area contributed by atoms with Gasteiger partial charge in [0.15, 0.2) is 0 Å². The van der Waals surface area contributed by atoms with Gasteiger partial charge in [-0.3, -0.25) is 0 Å². The molecule has 2 aliphatic rings. The fourth-order valence-electron chi connectivity index (χ4n) is 2.87. The molecule has 1 aromatic carbocycles. The molecule has 1 aromatic rings. The van der Waals surface area contributed by atoms with Gasteiger partial charge in [0.25, 0.3) is 0 Å². The Bertz CT molecular complexity index is 350. The van der Waals surface area contributed by atoms with Crippen molar-refractivity contribution in [3.8, 4) is 0 Å². The summed E-state index contributed by atoms with van der Waals surface area (Å²) in [6.45, 7) is 0. The second-order valence-corrected chi connectivity index (χ2v) is 4.52. The molecule has 2 N–H and O–H groups in total. The van der Waals surface area contributed by atoms with Crippen LogP contribution in [0.4, 0.5) is 5.69 Å². The number of nitrogen functional groups attached to an aromatic ring is 1. The van der Waals surface area contributed by atoms with Crippen LogP contribution >= 0.6 is 0 Å². The number of fused-ring (bicyclic) bond motifs is 2. The van der Waals surface area contributed by atoms with Crippen molar-refractivity contribution < 1.29 is 0 Å². The highest BCUT2D eigenvalue weighted by Gasteiger charge is 2.47. The van der Waals surface area contributed by atoms with E-state index in [1.807, 2.05) is 0 Å². The maximum absolute atomic E-state index is 6.06. The van der Waals surface area contributed by atoms with E-state index in [2.05, 4.69) is 18.2 Å². The summed E-state index contributed by atoms with van der Waals surface area (Å²) in [6, 6.07) is 6.41. The van der Waals surface area contributed by atoms with Gasteiger partial charge in [0, 0.05) is 5.69 Å². The summed E-state index contributed by atoms with van der Waals surface area (Å²) >= 11 is 0. The van der Waals surface area contributed by atoms with Crippen LogP contribution in [0, 0.1) is 0 Å². The van der Waals surface area contributed by atoms with E-state index in [9.17, 15) is 0 Å². The topological polar surface area (TPSA) is 26.0 Å². The molecular weight excluding hydrogens is 158 g/mol. The second kappa shape index (κ2) is 2.28. The first-order valence-electron chi connectivity index (χ1n) is 5.20. The van der Waals surface area contributed by atoms with Crippen LogP contribution in [0.25, 0.3) is 0 Å². The number of rotatable bonds is 0. The quantitative estimate of drug-likeness (QED) is 0.600. The first kappa shape index (κ1) is 7.43. The van der Waals surface area contributed by atoms with E-state index in [0.717, 1.165) is 5.69 Å². The summed E-state index contributed by atoms with van der Waals surface area (Å²) in [4.78, 5) is 0. The Morgan fingerprint density at radius 2 is 2.00 bits per heavy atom. The monoisotopic (exact) mass is 173 g/mol. The zero-order valence-corrected chi connectivity index (χ0v) is 7.84. The van der Waals surface area contributed by atoms with Crippen molar-refractivity contribution in [2.24, 2.45) is 0 Å². The number of aryl methyl sites for hydroxylation is 1. The fourth-order valence-corrected chi connectivity index (χ4v) is 2.87. The zero-order valence-electron chi connectivity index (χ0n) is 7.84. The smallest absolute Gasteiger partial charge is 0.0355 e. The van der Waals surface area contributed by atoms with Crippen LogP contribution in [-0.2, 0) is 11.8 Å². The Labute approximate surface area is 78.9 Å². The minimum absolute atomic E-state index is 0.527. The number of benzene rings is 1. The van der Waals surface area contributed by atoms with Gasteiger partial charge in [-0.2, -0.15) is 0 Å². The number of anilines is 1. The van der Waals surface area contributed by atoms with Crippen LogP contribution in [0.2, 0.25) is 0 Å². The number of nitrogens with two attached hydrogens (primary N) is 1. The summed E-state index contributed by atoms with van der Waals surface area (Å²) in [5.74, 6) is 0. The van der Waals surface area contributed by atoms with Crippen molar-refractivity contribution in [3.63, 3.8) is 0 Å². The summed E-state index contributed by atoms with van der Waals surface area (Å²) in [5.41, 5.74) is 10.6. The third kappa shape index (κ3) is 0.932. The minimum atomic E-state index is 0.527. The first-order chi connectivity index (χ1) is 6.32. The van der Waals surface area contributed by atoms with Crippen LogP contribution in [-0.4, -0.2) is 0 Å². The van der Waals surface area contributed by atoms with Crippen molar-refractivity contribution in [2.45, 2.75) is 37.5 Å². The van der Waals surface area contributed by atoms with Gasteiger partial charge in [-0.1, -0.05) is 12.1 Å². The van der Waals surface area contributed by atoms with E-state index in [1.165, 1.54) is 43.2 Å². The van der Waals surface area contributed by atoms with E-state index in [1.54, 1.807) is 0 Å². The van der Waals surface area contributed by atoms with Gasteiger partial charge >= 0.3 is 0 Å². The van der Waals surface area contributed by atoms with Gasteiger partial charge in [0.2, 0.25) is 0 Å². The van der Waals surface area contributed by atoms with Gasteiger partial charge in [-0.05, 0) is 54.7 Å². The maximum atomic E-state index is 6.06. The molecule has 2 aliphatic carbocycles. The number of hydrogen-bond donors (Lipinski definition) is 1. The predicted octanol–water partition coefficient (Wildman–Crippen LogP) is 2.64. The summed E-state index contributed by atoms with van der Waals surface area (Å²) in [6.07, 6.45) is 6.70. The molecule has 1 heteroatoms. The Kier molecular flexibility index (Phi) is 1.30. The molecule has 0 atom stereocenters. The molecule has 0 radical (unpaired) electrons. The van der Waals surface area contributed by atoms with Crippen LogP contribution in [0.1, 0.15) is 36.8 Å². The fraction of sp³-hybridized carbons (Fsp3) is 0.500. The molecule has 13 heavy (non-hydrogen) atoms. The molecule has 0 aromatic heterocycles. The van der Waals surface area contributed by atoms with E-state index in [4.69, 9.17) is 5.73 Å². The lowest BCUT2D eigenvalue weighted by Crippen LogP contribution is -2.17. The molecule has 0 saturated heterocycles. The molecule has 1 spiro atoms. The zero-order chi connectivity index (χ0) is 8.89. The average Bonchev–Trinajstić information content (AvgIpc) is 2.86. The van der Waals surface area contributed by atoms with Crippen molar-refractivity contribution >= 4 is 5.69 Å². The van der Waals surface area contributed by atoms with E-state index >= 15 is 0 Å². The molecule has 3 rings (SSSR count). The predicted molar refractivity (Wildman–Crippen MR) is 54.7 cm³/mol. The highest BCUT2D eigenvalue weighted by atomic mass is 14.6. The Morgan fingerprint density at radius 3 is 2.77 bits per heavy atom. The third-order valence-electron chi connectivity index (χ3n) is 3.67. The standard InChI is InChI=1S/C12H15N/c13-10-5-1-3-9-4-2-6-12(7-8-12)11(9)10/h1,3,5H,2,4,6-8,13H2. The third-order valence-corrected chi connectivity index (χ3v) is 3.67. The SMILES string of the molecule is Nc1cccc2c1C1(CCC2)CC1. The van der Waals surface area contributed by atoms with Crippen LogP contribution in [0.3, 0.4) is 0 Å². The highest BCUT2D eigenvalue weighted by Crippen LogP contribution is 2.56. The molecule has 0 amide bonds. The molecule has 0 bridgehead atoms. The molecule has 1 nitrogen and oxygen atoms in total. The highest BCUT2D eigenvalue weighted by molar-refractivity contribution is 5.58. The molecular formula is C12H15N. The van der Waals surface area contributed by atoms with Gasteiger partial charge in [-0.15, -0.1) is 0 Å². The van der Waals surface area contributed by atoms with Gasteiger partial charge in [0.05, 0.1) is 0 Å². The normalized spacial score (nSPS) is 22.8. The van der Waals surface area contributed by atoms with Gasteiger partial charge < -0.3 is 5.73 Å². The maximum Gasteiger partial charge on any atom is 0.0355 e. The molecule has 0 unspecified atom stereocenters. The molecule has 68 valence electrons. The van der Waals surface area contributed by atoms with Crippen LogP contribution in [0.5, 0.6) is 0 Å². The molecule has 1 fully saturated rings. The first-order valence-corrected chi connectivity index (χ1v) is 5.20. The number of hydrogen-bond acceptors (Lipinski definition) is 1. The van der Waals surface area contributed by atoms with E-state index in [-0.39, 0.29) is 0 Å². The lowest BCUT2D eigenvalue weighted by molar-refractivity contribution is 0.544. The Balaban J connectivity index is 2.21. The van der Waals surface area contributed by atoms with Crippen molar-refractivity contribution in [1.82, 2.24) is 0 Å². The molecule has 0 heterocycles. The van der Waals surface area contributed by atoms with Crippen molar-refractivity contribution in [1.29, 1.82) is 0 Å². The van der Waals surface area contributed by atoms with Crippen LogP contribution < -0.4 is 5.73 Å². The van der Waals surface area contributed by atoms with Crippen molar-refractivity contribution in [3.05, 3.63) is 29.3 Å². The van der Waals surface area contributed by atoms with E-state index < -0.39 is 0 Å². The largest absolute Gasteiger partial charge is 0.398 e. The van der Waals surface area contributed by atoms with E-state index in [0.29, 0.717) is 5.41 Å². The minimum Gasteiger partial charge on any atom is -0.398 e. The Morgan fingerprint density at radius 1 is 1.15 bits per heavy atom. The van der Waals surface area contributed by atoms with Gasteiger partial charge in [0.1, 0.15) is 0 Å². The summed E-state index contributed by atoms with van der Waals surface area (Å²) < 4.78 is 0. The van der Waals surface area contributed by atoms with Crippen LogP contribution in [0.15, 0.2) is 18.2 Å². The Hall–Kier alpha value is -0.980. The van der Waals surface area contributed by atoms with Gasteiger partial charge in [-0.25, -0.2) is 0 Å². The second-order valence-electron chi connectivity index (χ2n) is 4.52.